The molecule has 21 heavy (non-hydrogen) atoms. The molecule has 2 atom stereocenters. The maximum atomic E-state index is 11.6. The van der Waals surface area contributed by atoms with Crippen molar-refractivity contribution >= 4 is 30.1 Å². The van der Waals surface area contributed by atoms with Gasteiger partial charge in [0, 0.05) is 30.3 Å². The molecule has 116 valence electrons. The van der Waals surface area contributed by atoms with Crippen LogP contribution in [0.3, 0.4) is 0 Å². The van der Waals surface area contributed by atoms with Gasteiger partial charge >= 0.3 is 5.97 Å². The Hall–Kier alpha value is -0.710. The van der Waals surface area contributed by atoms with Gasteiger partial charge in [0.2, 0.25) is 0 Å². The van der Waals surface area contributed by atoms with Crippen molar-refractivity contribution in [3.63, 3.8) is 0 Å². The van der Waals surface area contributed by atoms with E-state index in [-0.39, 0.29) is 12.4 Å². The first-order valence-corrected chi connectivity index (χ1v) is 8.33. The molecule has 2 fully saturated rings. The molecule has 0 bridgehead atoms. The molecule has 5 heteroatoms. The number of nitrogens with zero attached hydrogens (tertiary/aromatic N) is 1. The Morgan fingerprint density at radius 3 is 2.81 bits per heavy atom. The second-order valence-corrected chi connectivity index (χ2v) is 7.12. The van der Waals surface area contributed by atoms with Crippen LogP contribution in [-0.2, 0) is 4.79 Å². The predicted octanol–water partition coefficient (Wildman–Crippen LogP) is 3.39. The van der Waals surface area contributed by atoms with Crippen LogP contribution in [-0.4, -0.2) is 41.4 Å². The minimum Gasteiger partial charge on any atom is -0.481 e. The van der Waals surface area contributed by atoms with E-state index in [9.17, 15) is 9.90 Å². The van der Waals surface area contributed by atoms with E-state index in [0.717, 1.165) is 44.6 Å². The fraction of sp³-hybridized carbons (Fsp3) is 0.562. The molecule has 0 spiro atoms. The first kappa shape index (κ1) is 16.7. The van der Waals surface area contributed by atoms with E-state index < -0.39 is 11.4 Å². The number of hydrogen-bond donors (Lipinski definition) is 1. The molecule has 0 aromatic heterocycles. The second kappa shape index (κ2) is 7.03. The Kier molecular flexibility index (Phi) is 5.58. The standard InChI is InChI=1S/C16H21NO2S.ClH/c18-15(19)16-8-4-5-13(16)11-17(12-16)9-10-20-14-6-2-1-3-7-14;/h1-3,6-7,13H,4-5,8-12H2,(H,18,19);1H/t13-,16+;/m0./s1. The van der Waals surface area contributed by atoms with Gasteiger partial charge in [0.1, 0.15) is 0 Å². The topological polar surface area (TPSA) is 40.5 Å². The van der Waals surface area contributed by atoms with Gasteiger partial charge in [-0.2, -0.15) is 0 Å². The Labute approximate surface area is 136 Å². The van der Waals surface area contributed by atoms with Crippen molar-refractivity contribution in [3.8, 4) is 0 Å². The summed E-state index contributed by atoms with van der Waals surface area (Å²) in [5, 5.41) is 9.56. The number of aliphatic carboxylic acids is 1. The number of rotatable bonds is 5. The molecule has 1 N–H and O–H groups in total. The van der Waals surface area contributed by atoms with Crippen molar-refractivity contribution in [2.24, 2.45) is 11.3 Å². The molecule has 3 rings (SSSR count). The molecule has 1 saturated carbocycles. The minimum atomic E-state index is -0.571. The van der Waals surface area contributed by atoms with Crippen molar-refractivity contribution in [2.75, 3.05) is 25.4 Å². The van der Waals surface area contributed by atoms with Gasteiger partial charge in [-0.05, 0) is 30.9 Å². The Morgan fingerprint density at radius 1 is 1.38 bits per heavy atom. The van der Waals surface area contributed by atoms with Gasteiger partial charge in [-0.25, -0.2) is 0 Å². The number of thioether (sulfide) groups is 1. The molecule has 1 aromatic rings. The van der Waals surface area contributed by atoms with Gasteiger partial charge in [-0.15, -0.1) is 24.2 Å². The van der Waals surface area contributed by atoms with E-state index in [0.29, 0.717) is 5.92 Å². The number of carboxylic acids is 1. The first-order valence-electron chi connectivity index (χ1n) is 7.34. The third-order valence-corrected chi connectivity index (χ3v) is 5.78. The zero-order valence-corrected chi connectivity index (χ0v) is 13.7. The molecule has 1 heterocycles. The minimum absolute atomic E-state index is 0. The van der Waals surface area contributed by atoms with Crippen molar-refractivity contribution in [2.45, 2.75) is 24.2 Å². The summed E-state index contributed by atoms with van der Waals surface area (Å²) >= 11 is 1.85. The number of likely N-dealkylation sites (tertiary alicyclic amines) is 1. The average molecular weight is 328 g/mol. The maximum Gasteiger partial charge on any atom is 0.311 e. The van der Waals surface area contributed by atoms with Crippen molar-refractivity contribution < 1.29 is 9.90 Å². The van der Waals surface area contributed by atoms with Gasteiger partial charge in [-0.1, -0.05) is 24.6 Å². The highest BCUT2D eigenvalue weighted by atomic mass is 35.5. The smallest absolute Gasteiger partial charge is 0.311 e. The SMILES string of the molecule is Cl.O=C(O)[C@@]12CCC[C@H]1CN(CCSc1ccccc1)C2. The van der Waals surface area contributed by atoms with Crippen LogP contribution >= 0.6 is 24.2 Å². The number of hydrogen-bond acceptors (Lipinski definition) is 3. The van der Waals surface area contributed by atoms with Crippen molar-refractivity contribution in [3.05, 3.63) is 30.3 Å². The van der Waals surface area contributed by atoms with Crippen LogP contribution in [0.25, 0.3) is 0 Å². The molecule has 1 aliphatic heterocycles. The van der Waals surface area contributed by atoms with Gasteiger partial charge in [0.15, 0.2) is 0 Å². The van der Waals surface area contributed by atoms with Crippen LogP contribution in [0.1, 0.15) is 19.3 Å². The summed E-state index contributed by atoms with van der Waals surface area (Å²) in [4.78, 5) is 15.3. The van der Waals surface area contributed by atoms with E-state index in [1.165, 1.54) is 4.90 Å². The molecule has 1 aliphatic carbocycles. The van der Waals surface area contributed by atoms with Crippen LogP contribution < -0.4 is 0 Å². The zero-order chi connectivity index (χ0) is 14.0. The molecule has 0 amide bonds. The van der Waals surface area contributed by atoms with E-state index in [1.54, 1.807) is 0 Å². The lowest BCUT2D eigenvalue weighted by molar-refractivity contribution is -0.149. The van der Waals surface area contributed by atoms with E-state index in [1.807, 2.05) is 17.8 Å². The average Bonchev–Trinajstić information content (AvgIpc) is 2.97. The lowest BCUT2D eigenvalue weighted by Gasteiger charge is -2.23. The Morgan fingerprint density at radius 2 is 2.14 bits per heavy atom. The molecule has 0 radical (unpaired) electrons. The largest absolute Gasteiger partial charge is 0.481 e. The number of carbonyl (C=O) groups is 1. The maximum absolute atomic E-state index is 11.6. The molecular formula is C16H22ClNO2S. The summed E-state index contributed by atoms with van der Waals surface area (Å²) in [6, 6.07) is 10.4. The normalized spacial score (nSPS) is 28.1. The molecule has 3 nitrogen and oxygen atoms in total. The number of halogens is 1. The number of benzene rings is 1. The summed E-state index contributed by atoms with van der Waals surface area (Å²) in [6.07, 6.45) is 3.05. The van der Waals surface area contributed by atoms with E-state index in [4.69, 9.17) is 0 Å². The van der Waals surface area contributed by atoms with E-state index in [2.05, 4.69) is 29.2 Å². The molecular weight excluding hydrogens is 306 g/mol. The van der Waals surface area contributed by atoms with Crippen molar-refractivity contribution in [1.82, 2.24) is 4.90 Å². The number of carboxylic acid groups (broad SMARTS) is 1. The van der Waals surface area contributed by atoms with Crippen molar-refractivity contribution in [1.29, 1.82) is 0 Å². The van der Waals surface area contributed by atoms with Crippen LogP contribution in [0.5, 0.6) is 0 Å². The summed E-state index contributed by atoms with van der Waals surface area (Å²) in [6.45, 7) is 2.72. The molecule has 1 saturated heterocycles. The fourth-order valence-electron chi connectivity index (χ4n) is 3.72. The monoisotopic (exact) mass is 327 g/mol. The van der Waals surface area contributed by atoms with Gasteiger partial charge < -0.3 is 10.0 Å². The van der Waals surface area contributed by atoms with Gasteiger partial charge in [0.25, 0.3) is 0 Å². The first-order chi connectivity index (χ1) is 9.71. The lowest BCUT2D eigenvalue weighted by atomic mass is 9.81. The molecule has 0 unspecified atom stereocenters. The quantitative estimate of drug-likeness (QED) is 0.842. The fourth-order valence-corrected chi connectivity index (χ4v) is 4.66. The van der Waals surface area contributed by atoms with Crippen LogP contribution in [0.2, 0.25) is 0 Å². The summed E-state index contributed by atoms with van der Waals surface area (Å²) in [7, 11) is 0. The summed E-state index contributed by atoms with van der Waals surface area (Å²) in [5.74, 6) is 0.840. The Bertz CT molecular complexity index is 484. The summed E-state index contributed by atoms with van der Waals surface area (Å²) in [5.41, 5.74) is -0.433. The molecule has 1 aromatic carbocycles. The third kappa shape index (κ3) is 3.38. The van der Waals surface area contributed by atoms with Crippen LogP contribution in [0.15, 0.2) is 35.2 Å². The Balaban J connectivity index is 0.00000161. The second-order valence-electron chi connectivity index (χ2n) is 5.95. The van der Waals surface area contributed by atoms with E-state index >= 15 is 0 Å². The number of fused-ring (bicyclic) bond motifs is 1. The van der Waals surface area contributed by atoms with Crippen LogP contribution in [0.4, 0.5) is 0 Å². The highest BCUT2D eigenvalue weighted by Crippen LogP contribution is 2.48. The molecule has 2 aliphatic rings. The summed E-state index contributed by atoms with van der Waals surface area (Å²) < 4.78 is 0. The van der Waals surface area contributed by atoms with Crippen LogP contribution in [0, 0.1) is 11.3 Å². The third-order valence-electron chi connectivity index (χ3n) is 4.79. The highest BCUT2D eigenvalue weighted by Gasteiger charge is 2.54. The zero-order valence-electron chi connectivity index (χ0n) is 12.0. The lowest BCUT2D eigenvalue weighted by Crippen LogP contribution is -2.36. The van der Waals surface area contributed by atoms with Gasteiger partial charge in [0.05, 0.1) is 5.41 Å². The highest BCUT2D eigenvalue weighted by molar-refractivity contribution is 7.99. The van der Waals surface area contributed by atoms with Gasteiger partial charge in [-0.3, -0.25) is 4.79 Å². The predicted molar refractivity (Wildman–Crippen MR) is 88.3 cm³/mol.